The van der Waals surface area contributed by atoms with E-state index in [4.69, 9.17) is 9.84 Å². The average molecular weight is 265 g/mol. The monoisotopic (exact) mass is 265 g/mol. The van der Waals surface area contributed by atoms with Gasteiger partial charge in [-0.3, -0.25) is 9.86 Å². The number of benzene rings is 1. The highest BCUT2D eigenvalue weighted by Crippen LogP contribution is 2.28. The van der Waals surface area contributed by atoms with Gasteiger partial charge in [0, 0.05) is 12.5 Å². The van der Waals surface area contributed by atoms with E-state index in [0.29, 0.717) is 18.6 Å². The average Bonchev–Trinajstić information content (AvgIpc) is 2.35. The second-order valence-electron chi connectivity index (χ2n) is 4.56. The molecule has 0 saturated carbocycles. The summed E-state index contributed by atoms with van der Waals surface area (Å²) in [6, 6.07) is 3.38. The van der Waals surface area contributed by atoms with E-state index < -0.39 is 16.9 Å². The van der Waals surface area contributed by atoms with Crippen LogP contribution in [0.4, 0.5) is 5.69 Å². The van der Waals surface area contributed by atoms with E-state index in [2.05, 4.69) is 0 Å². The van der Waals surface area contributed by atoms with Crippen LogP contribution in [0.2, 0.25) is 0 Å². The summed E-state index contributed by atoms with van der Waals surface area (Å²) in [5, 5.41) is 19.8. The van der Waals surface area contributed by atoms with Gasteiger partial charge in [0.15, 0.2) is 11.4 Å². The highest BCUT2D eigenvalue weighted by molar-refractivity contribution is 5.75. The van der Waals surface area contributed by atoms with Crippen molar-refractivity contribution in [3.05, 3.63) is 28.5 Å². The molecule has 1 amide bonds. The predicted octanol–water partition coefficient (Wildman–Crippen LogP) is 0.336. The van der Waals surface area contributed by atoms with Gasteiger partial charge in [-0.15, -0.1) is 0 Å². The molecule has 0 spiro atoms. The van der Waals surface area contributed by atoms with Crippen LogP contribution in [-0.2, 0) is 16.0 Å². The van der Waals surface area contributed by atoms with Crippen LogP contribution in [0.25, 0.3) is 0 Å². The van der Waals surface area contributed by atoms with E-state index in [1.807, 2.05) is 6.92 Å². The second kappa shape index (κ2) is 5.38. The van der Waals surface area contributed by atoms with E-state index in [-0.39, 0.29) is 18.7 Å². The number of fused-ring (bicyclic) bond motifs is 1. The zero-order valence-electron chi connectivity index (χ0n) is 10.6. The molecule has 2 N–H and O–H groups in total. The van der Waals surface area contributed by atoms with Gasteiger partial charge in [-0.2, -0.15) is 0 Å². The predicted molar refractivity (Wildman–Crippen MR) is 66.2 cm³/mol. The number of carbonyl (C=O) groups excluding carboxylic acids is 1. The Hall–Kier alpha value is -1.92. The smallest absolute Gasteiger partial charge is 0.354 e. The number of rotatable bonds is 4. The zero-order chi connectivity index (χ0) is 14.0. The number of aryl methyl sites for hydroxylation is 2. The molecule has 2 rings (SSSR count). The first kappa shape index (κ1) is 13.5. The molecule has 1 aliphatic rings. The molecule has 1 aromatic carbocycles. The SMILES string of the molecule is Cc1cc2c(cc1CCCC(=O)O)[NH+]([O-])C(=O)CO2. The molecule has 1 atom stereocenters. The van der Waals surface area contributed by atoms with Gasteiger partial charge in [-0.1, -0.05) is 0 Å². The van der Waals surface area contributed by atoms with Crippen molar-refractivity contribution in [1.29, 1.82) is 0 Å². The minimum atomic E-state index is -0.842. The Kier molecular flexibility index (Phi) is 3.82. The maximum Gasteiger partial charge on any atom is 0.354 e. The number of hydrogen-bond acceptors (Lipinski definition) is 4. The summed E-state index contributed by atoms with van der Waals surface area (Å²) in [4.78, 5) is 21.8. The van der Waals surface area contributed by atoms with Crippen molar-refractivity contribution in [2.24, 2.45) is 0 Å². The molecular weight excluding hydrogens is 250 g/mol. The first-order valence-corrected chi connectivity index (χ1v) is 6.04. The van der Waals surface area contributed by atoms with Gasteiger partial charge in [-0.05, 0) is 37.0 Å². The van der Waals surface area contributed by atoms with Crippen molar-refractivity contribution < 1.29 is 24.5 Å². The largest absolute Gasteiger partial charge is 0.621 e. The number of aliphatic carboxylic acids is 1. The fourth-order valence-electron chi connectivity index (χ4n) is 2.08. The Morgan fingerprint density at radius 2 is 2.26 bits per heavy atom. The van der Waals surface area contributed by atoms with Gasteiger partial charge < -0.3 is 15.1 Å². The number of carbonyl (C=O) groups is 2. The Morgan fingerprint density at radius 1 is 1.53 bits per heavy atom. The molecular formula is C13H15NO5. The number of amides is 1. The first-order chi connectivity index (χ1) is 8.99. The normalized spacial score (nSPS) is 17.8. The molecule has 6 heteroatoms. The Bertz CT molecular complexity index is 526. The summed E-state index contributed by atoms with van der Waals surface area (Å²) in [5.41, 5.74) is 2.10. The topological polar surface area (TPSA) is 91.1 Å². The number of carboxylic acid groups (broad SMARTS) is 1. The lowest BCUT2D eigenvalue weighted by Gasteiger charge is -2.27. The summed E-state index contributed by atoms with van der Waals surface area (Å²) in [5.74, 6) is -0.956. The lowest BCUT2D eigenvalue weighted by molar-refractivity contribution is -0.693. The number of hydrogen-bond donors (Lipinski definition) is 2. The number of ether oxygens (including phenoxy) is 1. The van der Waals surface area contributed by atoms with Crippen molar-refractivity contribution in [2.75, 3.05) is 6.61 Å². The quantitative estimate of drug-likeness (QED) is 0.766. The van der Waals surface area contributed by atoms with Crippen LogP contribution in [0, 0.1) is 12.1 Å². The third kappa shape index (κ3) is 2.91. The van der Waals surface area contributed by atoms with Crippen molar-refractivity contribution in [1.82, 2.24) is 0 Å². The van der Waals surface area contributed by atoms with Crippen LogP contribution in [0.15, 0.2) is 12.1 Å². The van der Waals surface area contributed by atoms with Crippen LogP contribution >= 0.6 is 0 Å². The molecule has 1 aromatic rings. The molecule has 0 aromatic heterocycles. The van der Waals surface area contributed by atoms with Crippen molar-refractivity contribution in [3.8, 4) is 5.75 Å². The summed E-state index contributed by atoms with van der Waals surface area (Å²) < 4.78 is 5.22. The minimum absolute atomic E-state index is 0.0832. The molecule has 1 aliphatic heterocycles. The summed E-state index contributed by atoms with van der Waals surface area (Å²) >= 11 is 0. The Labute approximate surface area is 110 Å². The van der Waals surface area contributed by atoms with Crippen molar-refractivity contribution >= 4 is 17.6 Å². The lowest BCUT2D eigenvalue weighted by Crippen LogP contribution is -3.06. The fourth-order valence-corrected chi connectivity index (χ4v) is 2.08. The lowest BCUT2D eigenvalue weighted by atomic mass is 10.0. The fraction of sp³-hybridized carbons (Fsp3) is 0.385. The number of hydroxylamine groups is 1. The van der Waals surface area contributed by atoms with Crippen LogP contribution in [0.3, 0.4) is 0 Å². The summed E-state index contributed by atoms with van der Waals surface area (Å²) in [6.45, 7) is 1.67. The molecule has 0 saturated heterocycles. The van der Waals surface area contributed by atoms with Gasteiger partial charge in [0.1, 0.15) is 0 Å². The van der Waals surface area contributed by atoms with E-state index in [0.717, 1.165) is 11.1 Å². The molecule has 0 fully saturated rings. The maximum absolute atomic E-state index is 11.7. The molecule has 0 aliphatic carbocycles. The van der Waals surface area contributed by atoms with Gasteiger partial charge >= 0.3 is 11.9 Å². The minimum Gasteiger partial charge on any atom is -0.621 e. The maximum atomic E-state index is 11.7. The molecule has 1 unspecified atom stereocenters. The van der Waals surface area contributed by atoms with Crippen LogP contribution in [0.1, 0.15) is 24.0 Å². The highest BCUT2D eigenvalue weighted by Gasteiger charge is 2.26. The molecule has 0 bridgehead atoms. The van der Waals surface area contributed by atoms with E-state index in [1.165, 1.54) is 0 Å². The molecule has 0 radical (unpaired) electrons. The van der Waals surface area contributed by atoms with E-state index in [1.54, 1.807) is 12.1 Å². The van der Waals surface area contributed by atoms with Crippen LogP contribution in [0.5, 0.6) is 5.75 Å². The third-order valence-corrected chi connectivity index (χ3v) is 3.13. The molecule has 6 nitrogen and oxygen atoms in total. The van der Waals surface area contributed by atoms with Gasteiger partial charge in [0.05, 0.1) is 0 Å². The number of carboxylic acids is 1. The summed E-state index contributed by atoms with van der Waals surface area (Å²) in [7, 11) is 0. The highest BCUT2D eigenvalue weighted by atomic mass is 16.5. The van der Waals surface area contributed by atoms with Crippen LogP contribution < -0.4 is 9.80 Å². The van der Waals surface area contributed by atoms with E-state index in [9.17, 15) is 14.8 Å². The second-order valence-corrected chi connectivity index (χ2v) is 4.56. The van der Waals surface area contributed by atoms with Gasteiger partial charge in [0.25, 0.3) is 0 Å². The molecule has 1 heterocycles. The van der Waals surface area contributed by atoms with Gasteiger partial charge in [0.2, 0.25) is 6.61 Å². The Balaban J connectivity index is 2.21. The van der Waals surface area contributed by atoms with Gasteiger partial charge in [-0.25, -0.2) is 4.79 Å². The van der Waals surface area contributed by atoms with E-state index >= 15 is 0 Å². The summed E-state index contributed by atoms with van der Waals surface area (Å²) in [6.07, 6.45) is 1.14. The third-order valence-electron chi connectivity index (χ3n) is 3.13. The van der Waals surface area contributed by atoms with Crippen LogP contribution in [-0.4, -0.2) is 23.6 Å². The molecule has 102 valence electrons. The first-order valence-electron chi connectivity index (χ1n) is 6.04. The van der Waals surface area contributed by atoms with Crippen molar-refractivity contribution in [3.63, 3.8) is 0 Å². The number of quaternary nitrogens is 1. The van der Waals surface area contributed by atoms with Crippen molar-refractivity contribution in [2.45, 2.75) is 26.2 Å². The standard InChI is InChI=1S/C13H15NO5/c1-8-5-11-10(14(18)12(15)7-19-11)6-9(8)3-2-4-13(16)17/h5-6,14H,2-4,7H2,1H3,(H,16,17). The zero-order valence-corrected chi connectivity index (χ0v) is 10.6. The Morgan fingerprint density at radius 3 is 2.95 bits per heavy atom. The molecule has 19 heavy (non-hydrogen) atoms. The number of nitrogens with one attached hydrogen (secondary N) is 1.